The Morgan fingerprint density at radius 1 is 1.13 bits per heavy atom. The molecule has 0 aliphatic heterocycles. The van der Waals surface area contributed by atoms with Crippen molar-refractivity contribution in [1.82, 2.24) is 14.8 Å². The summed E-state index contributed by atoms with van der Waals surface area (Å²) in [5.41, 5.74) is 3.98. The Kier molecular flexibility index (Phi) is 5.89. The maximum absolute atomic E-state index is 12.7. The molecule has 0 fully saturated rings. The van der Waals surface area contributed by atoms with Crippen LogP contribution < -0.4 is 4.74 Å². The van der Waals surface area contributed by atoms with Gasteiger partial charge in [0.2, 0.25) is 0 Å². The standard InChI is InChI=1S/C25H21N3O3/c1-31-24-14-19(9-12-23(24)30)22(29)11-10-21-17-28(16-18-6-3-2-4-7-18)27-25(21)20-8-5-13-26-15-20/h2-15,17,30H,16H2,1H3/b11-10+. The van der Waals surface area contributed by atoms with Crippen LogP contribution in [0.4, 0.5) is 0 Å². The third-order valence-electron chi connectivity index (χ3n) is 4.79. The van der Waals surface area contributed by atoms with Crippen molar-refractivity contribution >= 4 is 11.9 Å². The van der Waals surface area contributed by atoms with E-state index in [1.54, 1.807) is 24.5 Å². The molecule has 0 spiro atoms. The van der Waals surface area contributed by atoms with Gasteiger partial charge in [-0.25, -0.2) is 0 Å². The van der Waals surface area contributed by atoms with Crippen LogP contribution in [0, 0.1) is 0 Å². The monoisotopic (exact) mass is 411 g/mol. The number of ether oxygens (including phenoxy) is 1. The van der Waals surface area contributed by atoms with E-state index in [2.05, 4.69) is 4.98 Å². The Balaban J connectivity index is 1.65. The average Bonchev–Trinajstić information content (AvgIpc) is 3.21. The number of rotatable bonds is 7. The van der Waals surface area contributed by atoms with E-state index < -0.39 is 0 Å². The number of aromatic nitrogens is 3. The number of phenolic OH excluding ortho intramolecular Hbond substituents is 1. The number of methoxy groups -OCH3 is 1. The number of carbonyl (C=O) groups is 1. The Labute approximate surface area is 180 Å². The number of phenols is 1. The van der Waals surface area contributed by atoms with Crippen LogP contribution in [0.5, 0.6) is 11.5 Å². The minimum Gasteiger partial charge on any atom is -0.504 e. The second-order valence-electron chi connectivity index (χ2n) is 6.94. The van der Waals surface area contributed by atoms with E-state index in [1.807, 2.05) is 53.3 Å². The molecule has 0 aliphatic rings. The van der Waals surface area contributed by atoms with Crippen molar-refractivity contribution in [3.05, 3.63) is 102 Å². The lowest BCUT2D eigenvalue weighted by Crippen LogP contribution is -2.00. The molecule has 0 saturated heterocycles. The van der Waals surface area contributed by atoms with Crippen molar-refractivity contribution < 1.29 is 14.6 Å². The van der Waals surface area contributed by atoms with Crippen LogP contribution in [0.2, 0.25) is 0 Å². The van der Waals surface area contributed by atoms with Crippen LogP contribution in [0.25, 0.3) is 17.3 Å². The van der Waals surface area contributed by atoms with E-state index >= 15 is 0 Å². The fourth-order valence-corrected chi connectivity index (χ4v) is 3.23. The maximum Gasteiger partial charge on any atom is 0.185 e. The summed E-state index contributed by atoms with van der Waals surface area (Å²) in [7, 11) is 1.44. The molecule has 0 bridgehead atoms. The molecule has 0 aliphatic carbocycles. The topological polar surface area (TPSA) is 77.2 Å². The number of aromatic hydroxyl groups is 1. The van der Waals surface area contributed by atoms with E-state index in [-0.39, 0.29) is 17.3 Å². The van der Waals surface area contributed by atoms with Gasteiger partial charge in [-0.15, -0.1) is 0 Å². The van der Waals surface area contributed by atoms with Gasteiger partial charge in [0.1, 0.15) is 5.69 Å². The molecule has 0 radical (unpaired) electrons. The number of hydrogen-bond acceptors (Lipinski definition) is 5. The molecule has 2 heterocycles. The number of pyridine rings is 1. The molecule has 4 aromatic rings. The Morgan fingerprint density at radius 2 is 1.97 bits per heavy atom. The fourth-order valence-electron chi connectivity index (χ4n) is 3.23. The van der Waals surface area contributed by atoms with Crippen LogP contribution in [0.3, 0.4) is 0 Å². The molecule has 6 heteroatoms. The summed E-state index contributed by atoms with van der Waals surface area (Å²) in [4.78, 5) is 16.9. The minimum absolute atomic E-state index is 0.0101. The molecule has 2 aromatic heterocycles. The molecule has 0 amide bonds. The highest BCUT2D eigenvalue weighted by Gasteiger charge is 2.12. The number of nitrogens with zero attached hydrogens (tertiary/aromatic N) is 3. The van der Waals surface area contributed by atoms with Gasteiger partial charge in [0.15, 0.2) is 17.3 Å². The van der Waals surface area contributed by atoms with Crippen molar-refractivity contribution in [2.75, 3.05) is 7.11 Å². The first-order valence-corrected chi connectivity index (χ1v) is 9.75. The molecular weight excluding hydrogens is 390 g/mol. The summed E-state index contributed by atoms with van der Waals surface area (Å²) in [6, 6.07) is 18.4. The SMILES string of the molecule is COc1cc(C(=O)/C=C/c2cn(Cc3ccccc3)nc2-c2cccnc2)ccc1O. The minimum atomic E-state index is -0.203. The lowest BCUT2D eigenvalue weighted by atomic mass is 10.1. The molecule has 154 valence electrons. The second kappa shape index (κ2) is 9.09. The van der Waals surface area contributed by atoms with Gasteiger partial charge in [0, 0.05) is 35.3 Å². The van der Waals surface area contributed by atoms with Crippen LogP contribution in [-0.2, 0) is 6.54 Å². The zero-order chi connectivity index (χ0) is 21.6. The van der Waals surface area contributed by atoms with Crippen LogP contribution in [0.15, 0.2) is 85.3 Å². The second-order valence-corrected chi connectivity index (χ2v) is 6.94. The Morgan fingerprint density at radius 3 is 2.71 bits per heavy atom. The predicted molar refractivity (Wildman–Crippen MR) is 119 cm³/mol. The van der Waals surface area contributed by atoms with Gasteiger partial charge in [-0.05, 0) is 48.0 Å². The van der Waals surface area contributed by atoms with Gasteiger partial charge in [-0.3, -0.25) is 14.5 Å². The Hall–Kier alpha value is -4.19. The maximum atomic E-state index is 12.7. The zero-order valence-electron chi connectivity index (χ0n) is 17.0. The smallest absolute Gasteiger partial charge is 0.185 e. The van der Waals surface area contributed by atoms with Crippen LogP contribution in [-0.4, -0.2) is 32.8 Å². The average molecular weight is 411 g/mol. The normalized spacial score (nSPS) is 11.0. The highest BCUT2D eigenvalue weighted by Crippen LogP contribution is 2.27. The van der Waals surface area contributed by atoms with E-state index in [1.165, 1.54) is 25.3 Å². The number of carbonyl (C=O) groups excluding carboxylic acids is 1. The van der Waals surface area contributed by atoms with Gasteiger partial charge >= 0.3 is 0 Å². The van der Waals surface area contributed by atoms with Crippen molar-refractivity contribution in [1.29, 1.82) is 0 Å². The van der Waals surface area contributed by atoms with Crippen molar-refractivity contribution in [3.63, 3.8) is 0 Å². The molecular formula is C25H21N3O3. The summed E-state index contributed by atoms with van der Waals surface area (Å²) in [5.74, 6) is 0.0429. The van der Waals surface area contributed by atoms with Gasteiger partial charge in [0.05, 0.1) is 13.7 Å². The first-order valence-electron chi connectivity index (χ1n) is 9.75. The first kappa shape index (κ1) is 20.1. The van der Waals surface area contributed by atoms with Crippen molar-refractivity contribution in [3.8, 4) is 22.8 Å². The number of ketones is 1. The Bertz CT molecular complexity index is 1220. The zero-order valence-corrected chi connectivity index (χ0v) is 17.0. The van der Waals surface area contributed by atoms with Gasteiger partial charge in [-0.2, -0.15) is 5.10 Å². The molecule has 1 N–H and O–H groups in total. The number of benzene rings is 2. The van der Waals surface area contributed by atoms with Crippen LogP contribution >= 0.6 is 0 Å². The summed E-state index contributed by atoms with van der Waals surface area (Å²) in [6.07, 6.45) is 8.62. The third kappa shape index (κ3) is 4.70. The summed E-state index contributed by atoms with van der Waals surface area (Å²) < 4.78 is 6.94. The largest absolute Gasteiger partial charge is 0.504 e. The molecule has 31 heavy (non-hydrogen) atoms. The van der Waals surface area contributed by atoms with Gasteiger partial charge < -0.3 is 9.84 Å². The van der Waals surface area contributed by atoms with E-state index in [4.69, 9.17) is 9.84 Å². The highest BCUT2D eigenvalue weighted by molar-refractivity contribution is 6.07. The lowest BCUT2D eigenvalue weighted by Gasteiger charge is -2.04. The molecule has 6 nitrogen and oxygen atoms in total. The number of allylic oxidation sites excluding steroid dienone is 1. The van der Waals surface area contributed by atoms with Crippen molar-refractivity contribution in [2.45, 2.75) is 6.54 Å². The van der Waals surface area contributed by atoms with E-state index in [0.29, 0.717) is 12.1 Å². The van der Waals surface area contributed by atoms with E-state index in [0.717, 1.165) is 22.4 Å². The molecule has 4 rings (SSSR count). The molecule has 2 aromatic carbocycles. The summed E-state index contributed by atoms with van der Waals surface area (Å²) in [5, 5.41) is 14.5. The molecule has 0 unspecified atom stereocenters. The number of hydrogen-bond donors (Lipinski definition) is 1. The van der Waals surface area contributed by atoms with Crippen molar-refractivity contribution in [2.24, 2.45) is 0 Å². The molecule has 0 saturated carbocycles. The van der Waals surface area contributed by atoms with E-state index in [9.17, 15) is 9.90 Å². The third-order valence-corrected chi connectivity index (χ3v) is 4.79. The first-order chi connectivity index (χ1) is 15.1. The fraction of sp³-hybridized carbons (Fsp3) is 0.0800. The van der Waals surface area contributed by atoms with Crippen LogP contribution in [0.1, 0.15) is 21.5 Å². The highest BCUT2D eigenvalue weighted by atomic mass is 16.5. The predicted octanol–water partition coefficient (Wildman–Crippen LogP) is 4.60. The quantitative estimate of drug-likeness (QED) is 0.355. The summed E-state index contributed by atoms with van der Waals surface area (Å²) >= 11 is 0. The molecule has 0 atom stereocenters. The summed E-state index contributed by atoms with van der Waals surface area (Å²) in [6.45, 7) is 0.616. The lowest BCUT2D eigenvalue weighted by molar-refractivity contribution is 0.104. The van der Waals surface area contributed by atoms with Gasteiger partial charge in [0.25, 0.3) is 0 Å². The van der Waals surface area contributed by atoms with Gasteiger partial charge in [-0.1, -0.05) is 30.3 Å².